The molecule has 0 bridgehead atoms. The molecule has 1 saturated heterocycles. The molecule has 4 heteroatoms. The van der Waals surface area contributed by atoms with Gasteiger partial charge in [-0.2, -0.15) is 0 Å². The minimum Gasteiger partial charge on any atom is -0.324 e. The number of benzene rings is 1. The fourth-order valence-corrected chi connectivity index (χ4v) is 2.60. The molecule has 0 aliphatic carbocycles. The largest absolute Gasteiger partial charge is 0.324 e. The normalized spacial score (nSPS) is 23.2. The molecular weight excluding hydrogens is 238 g/mol. The van der Waals surface area contributed by atoms with E-state index in [9.17, 15) is 4.79 Å². The van der Waals surface area contributed by atoms with E-state index in [2.05, 4.69) is 17.6 Å². The van der Waals surface area contributed by atoms with Crippen molar-refractivity contribution in [1.29, 1.82) is 0 Å². The van der Waals surface area contributed by atoms with Crippen LogP contribution in [0, 0.1) is 12.8 Å². The average Bonchev–Trinajstić information content (AvgIpc) is 2.41. The summed E-state index contributed by atoms with van der Waals surface area (Å²) in [5.74, 6) is 0.488. The Morgan fingerprint density at radius 2 is 2.00 bits per heavy atom. The molecule has 19 heavy (non-hydrogen) atoms. The molecule has 0 spiro atoms. The number of anilines is 1. The van der Waals surface area contributed by atoms with Crippen molar-refractivity contribution in [3.05, 3.63) is 29.8 Å². The monoisotopic (exact) mass is 261 g/mol. The first kappa shape index (κ1) is 13.9. The quantitative estimate of drug-likeness (QED) is 0.859. The van der Waals surface area contributed by atoms with Gasteiger partial charge in [0.2, 0.25) is 0 Å². The number of piperidine rings is 1. The van der Waals surface area contributed by atoms with E-state index >= 15 is 0 Å². The van der Waals surface area contributed by atoms with Gasteiger partial charge in [-0.05, 0) is 38.4 Å². The first-order valence-corrected chi connectivity index (χ1v) is 6.90. The van der Waals surface area contributed by atoms with Crippen molar-refractivity contribution in [2.45, 2.75) is 26.3 Å². The van der Waals surface area contributed by atoms with Gasteiger partial charge in [0, 0.05) is 24.8 Å². The van der Waals surface area contributed by atoms with Crippen LogP contribution in [-0.2, 0) is 0 Å². The van der Waals surface area contributed by atoms with Crippen molar-refractivity contribution in [3.8, 4) is 0 Å². The standard InChI is InChI=1S/C15H23N3O/c1-11-4-6-13(7-5-11)17-15(19)18-9-8-14(16-3)12(2)10-18/h4-7,12,14,16H,8-10H2,1-3H3,(H,17,19). The van der Waals surface area contributed by atoms with Crippen LogP contribution in [0.4, 0.5) is 10.5 Å². The lowest BCUT2D eigenvalue weighted by molar-refractivity contribution is 0.163. The average molecular weight is 261 g/mol. The minimum absolute atomic E-state index is 0.00487. The van der Waals surface area contributed by atoms with E-state index in [4.69, 9.17) is 0 Å². The molecule has 2 unspecified atom stereocenters. The zero-order chi connectivity index (χ0) is 13.8. The number of aryl methyl sites for hydroxylation is 1. The van der Waals surface area contributed by atoms with Crippen LogP contribution < -0.4 is 10.6 Å². The summed E-state index contributed by atoms with van der Waals surface area (Å²) in [4.78, 5) is 14.1. The summed E-state index contributed by atoms with van der Waals surface area (Å²) in [7, 11) is 1.99. The Hall–Kier alpha value is -1.55. The van der Waals surface area contributed by atoms with E-state index in [0.717, 1.165) is 25.2 Å². The van der Waals surface area contributed by atoms with Crippen LogP contribution in [0.1, 0.15) is 18.9 Å². The van der Waals surface area contributed by atoms with Crippen LogP contribution in [0.2, 0.25) is 0 Å². The van der Waals surface area contributed by atoms with Crippen LogP contribution in [0.25, 0.3) is 0 Å². The second-order valence-corrected chi connectivity index (χ2v) is 5.40. The molecule has 2 N–H and O–H groups in total. The molecule has 0 radical (unpaired) electrons. The van der Waals surface area contributed by atoms with Crippen molar-refractivity contribution in [2.24, 2.45) is 5.92 Å². The van der Waals surface area contributed by atoms with Crippen molar-refractivity contribution in [2.75, 3.05) is 25.5 Å². The van der Waals surface area contributed by atoms with Crippen LogP contribution in [0.5, 0.6) is 0 Å². The molecule has 1 aliphatic rings. The summed E-state index contributed by atoms with van der Waals surface area (Å²) >= 11 is 0. The molecule has 1 aromatic carbocycles. The van der Waals surface area contributed by atoms with Gasteiger partial charge in [-0.15, -0.1) is 0 Å². The molecule has 104 valence electrons. The van der Waals surface area contributed by atoms with Gasteiger partial charge >= 0.3 is 6.03 Å². The topological polar surface area (TPSA) is 44.4 Å². The summed E-state index contributed by atoms with van der Waals surface area (Å²) in [6.07, 6.45) is 1.01. The summed E-state index contributed by atoms with van der Waals surface area (Å²) < 4.78 is 0. The summed E-state index contributed by atoms with van der Waals surface area (Å²) in [5.41, 5.74) is 2.06. The van der Waals surface area contributed by atoms with Crippen LogP contribution in [0.3, 0.4) is 0 Å². The number of carbonyl (C=O) groups is 1. The van der Waals surface area contributed by atoms with Gasteiger partial charge in [-0.3, -0.25) is 0 Å². The highest BCUT2D eigenvalue weighted by Gasteiger charge is 2.27. The third kappa shape index (κ3) is 3.47. The number of nitrogens with one attached hydrogen (secondary N) is 2. The Balaban J connectivity index is 1.92. The predicted octanol–water partition coefficient (Wildman–Crippen LogP) is 2.46. The molecule has 1 heterocycles. The van der Waals surface area contributed by atoms with Gasteiger partial charge in [0.05, 0.1) is 0 Å². The van der Waals surface area contributed by atoms with Gasteiger partial charge in [-0.25, -0.2) is 4.79 Å². The molecule has 1 aromatic rings. The lowest BCUT2D eigenvalue weighted by Crippen LogP contribution is -2.50. The molecule has 1 fully saturated rings. The van der Waals surface area contributed by atoms with Crippen LogP contribution in [0.15, 0.2) is 24.3 Å². The van der Waals surface area contributed by atoms with Crippen molar-refractivity contribution in [3.63, 3.8) is 0 Å². The van der Waals surface area contributed by atoms with E-state index < -0.39 is 0 Å². The number of hydrogen-bond acceptors (Lipinski definition) is 2. The first-order valence-electron chi connectivity index (χ1n) is 6.90. The van der Waals surface area contributed by atoms with Crippen molar-refractivity contribution >= 4 is 11.7 Å². The number of nitrogens with zero attached hydrogens (tertiary/aromatic N) is 1. The Morgan fingerprint density at radius 1 is 1.32 bits per heavy atom. The Labute approximate surface area is 115 Å². The highest BCUT2D eigenvalue weighted by molar-refractivity contribution is 5.89. The number of hydrogen-bond donors (Lipinski definition) is 2. The van der Waals surface area contributed by atoms with Crippen LogP contribution >= 0.6 is 0 Å². The smallest absolute Gasteiger partial charge is 0.321 e. The lowest BCUT2D eigenvalue weighted by Gasteiger charge is -2.36. The SMILES string of the molecule is CNC1CCN(C(=O)Nc2ccc(C)cc2)CC1C. The van der Waals surface area contributed by atoms with Gasteiger partial charge in [0.1, 0.15) is 0 Å². The maximum absolute atomic E-state index is 12.2. The number of rotatable bonds is 2. The van der Waals surface area contributed by atoms with Gasteiger partial charge in [-0.1, -0.05) is 24.6 Å². The molecule has 0 aromatic heterocycles. The van der Waals surface area contributed by atoms with Gasteiger partial charge in [0.15, 0.2) is 0 Å². The van der Waals surface area contributed by atoms with Crippen molar-refractivity contribution < 1.29 is 4.79 Å². The lowest BCUT2D eigenvalue weighted by atomic mass is 9.94. The molecule has 2 amide bonds. The number of urea groups is 1. The highest BCUT2D eigenvalue weighted by Crippen LogP contribution is 2.18. The maximum Gasteiger partial charge on any atom is 0.321 e. The molecule has 2 atom stereocenters. The molecule has 1 aliphatic heterocycles. The zero-order valence-electron chi connectivity index (χ0n) is 11.9. The second-order valence-electron chi connectivity index (χ2n) is 5.40. The predicted molar refractivity (Wildman–Crippen MR) is 78.4 cm³/mol. The molecule has 2 rings (SSSR count). The van der Waals surface area contributed by atoms with E-state index in [1.165, 1.54) is 5.56 Å². The zero-order valence-corrected chi connectivity index (χ0v) is 11.9. The fourth-order valence-electron chi connectivity index (χ4n) is 2.60. The first-order chi connectivity index (χ1) is 9.10. The number of likely N-dealkylation sites (tertiary alicyclic amines) is 1. The Bertz CT molecular complexity index is 430. The summed E-state index contributed by atoms with van der Waals surface area (Å²) in [6, 6.07) is 8.42. The van der Waals surface area contributed by atoms with Gasteiger partial charge in [0.25, 0.3) is 0 Å². The Morgan fingerprint density at radius 3 is 2.58 bits per heavy atom. The molecule has 0 saturated carbocycles. The molecule has 4 nitrogen and oxygen atoms in total. The summed E-state index contributed by atoms with van der Waals surface area (Å²) in [6.45, 7) is 5.85. The van der Waals surface area contributed by atoms with E-state index in [1.54, 1.807) is 0 Å². The van der Waals surface area contributed by atoms with Gasteiger partial charge < -0.3 is 15.5 Å². The van der Waals surface area contributed by atoms with E-state index in [1.807, 2.05) is 43.1 Å². The van der Waals surface area contributed by atoms with Crippen LogP contribution in [-0.4, -0.2) is 37.1 Å². The third-order valence-electron chi connectivity index (χ3n) is 3.87. The highest BCUT2D eigenvalue weighted by atomic mass is 16.2. The number of carbonyl (C=O) groups excluding carboxylic acids is 1. The van der Waals surface area contributed by atoms with E-state index in [-0.39, 0.29) is 6.03 Å². The number of amides is 2. The molecular formula is C15H23N3O. The Kier molecular flexibility index (Phi) is 4.43. The second kappa shape index (κ2) is 6.06. The minimum atomic E-state index is 0.00487. The summed E-state index contributed by atoms with van der Waals surface area (Å²) in [5, 5.41) is 6.27. The fraction of sp³-hybridized carbons (Fsp3) is 0.533. The van der Waals surface area contributed by atoms with E-state index in [0.29, 0.717) is 12.0 Å². The van der Waals surface area contributed by atoms with Crippen molar-refractivity contribution in [1.82, 2.24) is 10.2 Å². The third-order valence-corrected chi connectivity index (χ3v) is 3.87. The maximum atomic E-state index is 12.2.